The number of ether oxygens (including phenoxy) is 2. The number of carbonyl (C=O) groups is 3. The standard InChI is InChI=1S/C22H30FN3O5/c1-24-19(28)16(15-6-4-5-7-17(15)23)14-18(27)21(25-20(29)26(2)3)8-10-22(11-9-21)30-12-13-31-22/h4-7,16H,8-14H2,1-3H3,(H,24,28)(H,25,29). The highest BCUT2D eigenvalue weighted by Gasteiger charge is 2.51. The Bertz CT molecular complexity index is 828. The number of nitrogens with one attached hydrogen (secondary N) is 2. The molecule has 3 amide bonds. The van der Waals surface area contributed by atoms with E-state index in [1.165, 1.54) is 30.1 Å². The van der Waals surface area contributed by atoms with Crippen molar-refractivity contribution in [3.63, 3.8) is 0 Å². The van der Waals surface area contributed by atoms with E-state index in [9.17, 15) is 18.8 Å². The SMILES string of the molecule is CNC(=O)C(CC(=O)C1(NC(=O)N(C)C)CCC2(CC1)OCCO2)c1ccccc1F. The van der Waals surface area contributed by atoms with Crippen LogP contribution in [0.1, 0.15) is 43.6 Å². The minimum absolute atomic E-state index is 0.152. The Balaban J connectivity index is 1.87. The van der Waals surface area contributed by atoms with Gasteiger partial charge in [0.25, 0.3) is 0 Å². The van der Waals surface area contributed by atoms with Crippen molar-refractivity contribution in [2.75, 3.05) is 34.4 Å². The molecule has 8 nitrogen and oxygen atoms in total. The number of likely N-dealkylation sites (N-methyl/N-ethyl adjacent to an activating group) is 1. The molecule has 3 rings (SSSR count). The lowest BCUT2D eigenvalue weighted by Gasteiger charge is -2.43. The Morgan fingerprint density at radius 3 is 2.26 bits per heavy atom. The molecule has 0 radical (unpaired) electrons. The minimum atomic E-state index is -1.18. The molecule has 9 heteroatoms. The second-order valence-corrected chi connectivity index (χ2v) is 8.33. The molecule has 1 saturated heterocycles. The van der Waals surface area contributed by atoms with Crippen LogP contribution < -0.4 is 10.6 Å². The van der Waals surface area contributed by atoms with Crippen LogP contribution in [0.15, 0.2) is 24.3 Å². The molecule has 2 fully saturated rings. The van der Waals surface area contributed by atoms with Crippen LogP contribution in [0.25, 0.3) is 0 Å². The van der Waals surface area contributed by atoms with Gasteiger partial charge in [0.05, 0.1) is 19.1 Å². The van der Waals surface area contributed by atoms with Gasteiger partial charge >= 0.3 is 6.03 Å². The van der Waals surface area contributed by atoms with E-state index in [4.69, 9.17) is 9.47 Å². The Labute approximate surface area is 181 Å². The van der Waals surface area contributed by atoms with Crippen LogP contribution in [0.3, 0.4) is 0 Å². The van der Waals surface area contributed by atoms with Gasteiger partial charge in [-0.05, 0) is 18.9 Å². The van der Waals surface area contributed by atoms with Gasteiger partial charge in [0.1, 0.15) is 11.4 Å². The smallest absolute Gasteiger partial charge is 0.317 e. The molecular weight excluding hydrogens is 405 g/mol. The van der Waals surface area contributed by atoms with Crippen molar-refractivity contribution in [1.82, 2.24) is 15.5 Å². The van der Waals surface area contributed by atoms with Crippen molar-refractivity contribution in [3.05, 3.63) is 35.6 Å². The predicted molar refractivity (Wildman–Crippen MR) is 111 cm³/mol. The summed E-state index contributed by atoms with van der Waals surface area (Å²) in [6.45, 7) is 0.994. The normalized spacial score (nSPS) is 20.1. The molecule has 0 aromatic heterocycles. The van der Waals surface area contributed by atoms with Crippen LogP contribution in [0, 0.1) is 5.82 Å². The third-order valence-electron chi connectivity index (χ3n) is 6.20. The highest BCUT2D eigenvalue weighted by molar-refractivity contribution is 5.97. The molecular formula is C22H30FN3O5. The zero-order chi connectivity index (χ0) is 22.6. The summed E-state index contributed by atoms with van der Waals surface area (Å²) in [7, 11) is 4.63. The lowest BCUT2D eigenvalue weighted by molar-refractivity contribution is -0.186. The number of hydrogen-bond donors (Lipinski definition) is 2. The van der Waals surface area contributed by atoms with Crippen LogP contribution in [0.2, 0.25) is 0 Å². The van der Waals surface area contributed by atoms with E-state index < -0.39 is 35.0 Å². The molecule has 1 unspecified atom stereocenters. The number of rotatable bonds is 6. The Hall–Kier alpha value is -2.52. The van der Waals surface area contributed by atoms with E-state index in [-0.39, 0.29) is 17.8 Å². The quantitative estimate of drug-likeness (QED) is 0.712. The molecule has 170 valence electrons. The average Bonchev–Trinajstić information content (AvgIpc) is 3.22. The van der Waals surface area contributed by atoms with Gasteiger partial charge in [-0.3, -0.25) is 9.59 Å². The number of carbonyl (C=O) groups excluding carboxylic acids is 3. The second kappa shape index (κ2) is 9.32. The molecule has 1 atom stereocenters. The number of benzene rings is 1. The zero-order valence-electron chi connectivity index (χ0n) is 18.2. The number of ketones is 1. The summed E-state index contributed by atoms with van der Waals surface area (Å²) < 4.78 is 26.0. The first-order valence-electron chi connectivity index (χ1n) is 10.5. The van der Waals surface area contributed by atoms with Crippen LogP contribution in [-0.2, 0) is 19.1 Å². The fourth-order valence-electron chi connectivity index (χ4n) is 4.29. The van der Waals surface area contributed by atoms with E-state index in [0.717, 1.165) is 0 Å². The van der Waals surface area contributed by atoms with Gasteiger partial charge in [0, 0.05) is 46.0 Å². The first-order chi connectivity index (χ1) is 14.7. The molecule has 1 aromatic rings. The van der Waals surface area contributed by atoms with Gasteiger partial charge in [-0.1, -0.05) is 18.2 Å². The average molecular weight is 435 g/mol. The van der Waals surface area contributed by atoms with Crippen molar-refractivity contribution in [2.24, 2.45) is 0 Å². The third kappa shape index (κ3) is 4.88. The Morgan fingerprint density at radius 2 is 1.71 bits per heavy atom. The molecule has 1 aliphatic heterocycles. The van der Waals surface area contributed by atoms with Crippen LogP contribution in [-0.4, -0.2) is 68.3 Å². The maximum absolute atomic E-state index is 14.4. The summed E-state index contributed by atoms with van der Waals surface area (Å²) in [5.74, 6) is -3.04. The monoisotopic (exact) mass is 435 g/mol. The summed E-state index contributed by atoms with van der Waals surface area (Å²) in [5, 5.41) is 5.38. The van der Waals surface area contributed by atoms with Crippen molar-refractivity contribution in [3.8, 4) is 0 Å². The fraction of sp³-hybridized carbons (Fsp3) is 0.591. The highest BCUT2D eigenvalue weighted by atomic mass is 19.1. The zero-order valence-corrected chi connectivity index (χ0v) is 18.2. The summed E-state index contributed by atoms with van der Waals surface area (Å²) in [5.41, 5.74) is -1.03. The summed E-state index contributed by atoms with van der Waals surface area (Å²) in [6.07, 6.45) is 1.27. The van der Waals surface area contributed by atoms with Crippen molar-refractivity contribution >= 4 is 17.7 Å². The summed E-state index contributed by atoms with van der Waals surface area (Å²) in [6, 6.07) is 5.52. The third-order valence-corrected chi connectivity index (χ3v) is 6.20. The summed E-state index contributed by atoms with van der Waals surface area (Å²) in [4.78, 5) is 40.0. The van der Waals surface area contributed by atoms with E-state index in [0.29, 0.717) is 38.9 Å². The number of nitrogens with zero attached hydrogens (tertiary/aromatic N) is 1. The molecule has 1 saturated carbocycles. The molecule has 1 spiro atoms. The number of amides is 3. The van der Waals surface area contributed by atoms with Gasteiger partial charge in [-0.25, -0.2) is 9.18 Å². The summed E-state index contributed by atoms with van der Waals surface area (Å²) >= 11 is 0. The topological polar surface area (TPSA) is 97.0 Å². The van der Waals surface area contributed by atoms with Crippen molar-refractivity contribution in [1.29, 1.82) is 0 Å². The molecule has 2 aliphatic rings. The van der Waals surface area contributed by atoms with Gasteiger partial charge < -0.3 is 25.0 Å². The number of hydrogen-bond acceptors (Lipinski definition) is 5. The van der Waals surface area contributed by atoms with E-state index >= 15 is 0 Å². The van der Waals surface area contributed by atoms with Crippen LogP contribution >= 0.6 is 0 Å². The fourth-order valence-corrected chi connectivity index (χ4v) is 4.29. The Morgan fingerprint density at radius 1 is 1.10 bits per heavy atom. The molecule has 1 aromatic carbocycles. The van der Waals surface area contributed by atoms with Gasteiger partial charge in [-0.2, -0.15) is 0 Å². The number of Topliss-reactive ketones (excluding diaryl/α,β-unsaturated/α-hetero) is 1. The van der Waals surface area contributed by atoms with Gasteiger partial charge in [0.15, 0.2) is 11.6 Å². The molecule has 1 aliphatic carbocycles. The van der Waals surface area contributed by atoms with E-state index in [2.05, 4.69) is 10.6 Å². The first kappa shape index (κ1) is 23.1. The van der Waals surface area contributed by atoms with Crippen LogP contribution in [0.5, 0.6) is 0 Å². The van der Waals surface area contributed by atoms with E-state index in [1.807, 2.05) is 0 Å². The second-order valence-electron chi connectivity index (χ2n) is 8.33. The predicted octanol–water partition coefficient (Wildman–Crippen LogP) is 1.94. The lowest BCUT2D eigenvalue weighted by atomic mass is 9.73. The minimum Gasteiger partial charge on any atom is -0.359 e. The maximum atomic E-state index is 14.4. The Kier molecular flexibility index (Phi) is 6.96. The van der Waals surface area contributed by atoms with Crippen molar-refractivity contribution in [2.45, 2.75) is 49.3 Å². The van der Waals surface area contributed by atoms with Crippen LogP contribution in [0.4, 0.5) is 9.18 Å². The van der Waals surface area contributed by atoms with E-state index in [1.54, 1.807) is 20.2 Å². The molecule has 31 heavy (non-hydrogen) atoms. The molecule has 0 bridgehead atoms. The lowest BCUT2D eigenvalue weighted by Crippen LogP contribution is -2.60. The molecule has 1 heterocycles. The number of urea groups is 1. The molecule has 2 N–H and O–H groups in total. The first-order valence-corrected chi connectivity index (χ1v) is 10.5. The number of halogens is 1. The largest absolute Gasteiger partial charge is 0.359 e. The van der Waals surface area contributed by atoms with Gasteiger partial charge in [-0.15, -0.1) is 0 Å². The maximum Gasteiger partial charge on any atom is 0.317 e. The van der Waals surface area contributed by atoms with Crippen molar-refractivity contribution < 1.29 is 28.2 Å². The highest BCUT2D eigenvalue weighted by Crippen LogP contribution is 2.42. The van der Waals surface area contributed by atoms with Gasteiger partial charge in [0.2, 0.25) is 5.91 Å².